The Morgan fingerprint density at radius 2 is 1.35 bits per heavy atom. The number of rotatable bonds is 3. The van der Waals surface area contributed by atoms with Gasteiger partial charge >= 0.3 is 5.97 Å². The van der Waals surface area contributed by atoms with Gasteiger partial charge in [-0.15, -0.1) is 0 Å². The van der Waals surface area contributed by atoms with Crippen LogP contribution in [0.15, 0.2) is 95.5 Å². The SMILES string of the molecule is O=C(Oc1ccc2ccccc2c1Br)c1ccc(-c2ccccc2)cc1. The minimum absolute atomic E-state index is 0.374. The molecule has 0 saturated carbocycles. The lowest BCUT2D eigenvalue weighted by molar-refractivity contribution is 0.0734. The fraction of sp³-hybridized carbons (Fsp3) is 0. The van der Waals surface area contributed by atoms with E-state index in [1.165, 1.54) is 0 Å². The molecule has 0 aromatic heterocycles. The molecule has 4 aromatic rings. The van der Waals surface area contributed by atoms with Crippen molar-refractivity contribution in [3.8, 4) is 16.9 Å². The molecule has 4 rings (SSSR count). The van der Waals surface area contributed by atoms with Gasteiger partial charge in [0, 0.05) is 0 Å². The lowest BCUT2D eigenvalue weighted by atomic mass is 10.0. The Balaban J connectivity index is 1.58. The largest absolute Gasteiger partial charge is 0.422 e. The van der Waals surface area contributed by atoms with Gasteiger partial charge in [-0.2, -0.15) is 0 Å². The van der Waals surface area contributed by atoms with Crippen molar-refractivity contribution in [2.24, 2.45) is 0 Å². The molecule has 0 radical (unpaired) electrons. The van der Waals surface area contributed by atoms with Crippen LogP contribution in [-0.4, -0.2) is 5.97 Å². The predicted molar refractivity (Wildman–Crippen MR) is 108 cm³/mol. The average Bonchev–Trinajstić information content (AvgIpc) is 2.71. The van der Waals surface area contributed by atoms with Crippen molar-refractivity contribution < 1.29 is 9.53 Å². The van der Waals surface area contributed by atoms with Gasteiger partial charge in [0.1, 0.15) is 5.75 Å². The molecule has 126 valence electrons. The summed E-state index contributed by atoms with van der Waals surface area (Å²) >= 11 is 3.55. The summed E-state index contributed by atoms with van der Waals surface area (Å²) in [4.78, 5) is 12.5. The minimum atomic E-state index is -0.374. The highest BCUT2D eigenvalue weighted by Gasteiger charge is 2.13. The van der Waals surface area contributed by atoms with Gasteiger partial charge in [-0.05, 0) is 56.0 Å². The third-order valence-corrected chi connectivity index (χ3v) is 5.08. The molecule has 0 aliphatic rings. The van der Waals surface area contributed by atoms with Crippen LogP contribution in [0.1, 0.15) is 10.4 Å². The van der Waals surface area contributed by atoms with Crippen LogP contribution in [0.2, 0.25) is 0 Å². The normalized spacial score (nSPS) is 10.7. The molecule has 0 N–H and O–H groups in total. The minimum Gasteiger partial charge on any atom is -0.422 e. The molecule has 0 aliphatic heterocycles. The summed E-state index contributed by atoms with van der Waals surface area (Å²) in [7, 11) is 0. The van der Waals surface area contributed by atoms with Gasteiger partial charge in [-0.1, -0.05) is 72.8 Å². The van der Waals surface area contributed by atoms with Gasteiger partial charge in [0.15, 0.2) is 0 Å². The van der Waals surface area contributed by atoms with Gasteiger partial charge in [0.05, 0.1) is 10.0 Å². The second-order valence-electron chi connectivity index (χ2n) is 5.93. The van der Waals surface area contributed by atoms with Gasteiger partial charge in [0.25, 0.3) is 0 Å². The number of carbonyl (C=O) groups is 1. The summed E-state index contributed by atoms with van der Waals surface area (Å²) < 4.78 is 6.38. The molecular formula is C23H15BrO2. The Morgan fingerprint density at radius 3 is 2.12 bits per heavy atom. The molecule has 0 bridgehead atoms. The Kier molecular flexibility index (Phi) is 4.55. The van der Waals surface area contributed by atoms with E-state index in [-0.39, 0.29) is 5.97 Å². The number of hydrogen-bond donors (Lipinski definition) is 0. The number of fused-ring (bicyclic) bond motifs is 1. The first kappa shape index (κ1) is 16.6. The zero-order chi connectivity index (χ0) is 17.9. The van der Waals surface area contributed by atoms with Crippen LogP contribution in [0.3, 0.4) is 0 Å². The van der Waals surface area contributed by atoms with Crippen molar-refractivity contribution >= 4 is 32.7 Å². The van der Waals surface area contributed by atoms with Gasteiger partial charge in [-0.3, -0.25) is 0 Å². The van der Waals surface area contributed by atoms with Gasteiger partial charge in [0.2, 0.25) is 0 Å². The highest BCUT2D eigenvalue weighted by molar-refractivity contribution is 9.10. The van der Waals surface area contributed by atoms with E-state index in [2.05, 4.69) is 15.9 Å². The second kappa shape index (κ2) is 7.14. The van der Waals surface area contributed by atoms with Crippen molar-refractivity contribution in [1.29, 1.82) is 0 Å². The molecule has 0 aliphatic carbocycles. The number of hydrogen-bond acceptors (Lipinski definition) is 2. The fourth-order valence-electron chi connectivity index (χ4n) is 2.88. The van der Waals surface area contributed by atoms with Crippen molar-refractivity contribution in [1.82, 2.24) is 0 Å². The fourth-order valence-corrected chi connectivity index (χ4v) is 3.45. The summed E-state index contributed by atoms with van der Waals surface area (Å²) in [6.07, 6.45) is 0. The van der Waals surface area contributed by atoms with E-state index in [1.807, 2.05) is 78.9 Å². The van der Waals surface area contributed by atoms with E-state index < -0.39 is 0 Å². The monoisotopic (exact) mass is 402 g/mol. The molecule has 0 heterocycles. The molecule has 4 aromatic carbocycles. The Morgan fingerprint density at radius 1 is 0.692 bits per heavy atom. The highest BCUT2D eigenvalue weighted by Crippen LogP contribution is 2.33. The molecule has 3 heteroatoms. The molecule has 0 spiro atoms. The zero-order valence-electron chi connectivity index (χ0n) is 13.9. The van der Waals surface area contributed by atoms with E-state index in [9.17, 15) is 4.79 Å². The predicted octanol–water partition coefficient (Wildman–Crippen LogP) is 6.49. The summed E-state index contributed by atoms with van der Waals surface area (Å²) in [5, 5.41) is 2.10. The van der Waals surface area contributed by atoms with Crippen LogP contribution in [0.5, 0.6) is 5.75 Å². The number of carbonyl (C=O) groups excluding carboxylic acids is 1. The maximum absolute atomic E-state index is 12.5. The number of halogens is 1. The maximum atomic E-state index is 12.5. The van der Waals surface area contributed by atoms with E-state index in [0.717, 1.165) is 26.4 Å². The molecule has 0 unspecified atom stereocenters. The maximum Gasteiger partial charge on any atom is 0.343 e. The van der Waals surface area contributed by atoms with Gasteiger partial charge < -0.3 is 4.74 Å². The summed E-state index contributed by atoms with van der Waals surface area (Å²) in [5.41, 5.74) is 2.70. The lowest BCUT2D eigenvalue weighted by Gasteiger charge is -2.09. The quantitative estimate of drug-likeness (QED) is 0.289. The summed E-state index contributed by atoms with van der Waals surface area (Å²) in [5.74, 6) is 0.140. The molecule has 0 amide bonds. The van der Waals surface area contributed by atoms with E-state index in [0.29, 0.717) is 11.3 Å². The standard InChI is InChI=1S/C23H15BrO2/c24-22-20-9-5-4-8-18(20)14-15-21(22)26-23(25)19-12-10-17(11-13-19)16-6-2-1-3-7-16/h1-15H. The Hall–Kier alpha value is -2.91. The van der Waals surface area contributed by atoms with Crippen LogP contribution >= 0.6 is 15.9 Å². The summed E-state index contributed by atoms with van der Waals surface area (Å²) in [6.45, 7) is 0. The first-order valence-corrected chi connectivity index (χ1v) is 9.06. The van der Waals surface area contributed by atoms with Crippen LogP contribution in [-0.2, 0) is 0 Å². The lowest BCUT2D eigenvalue weighted by Crippen LogP contribution is -2.08. The number of benzene rings is 4. The van der Waals surface area contributed by atoms with Crippen LogP contribution in [0.4, 0.5) is 0 Å². The average molecular weight is 403 g/mol. The Bertz CT molecular complexity index is 1070. The van der Waals surface area contributed by atoms with E-state index >= 15 is 0 Å². The van der Waals surface area contributed by atoms with E-state index in [4.69, 9.17) is 4.74 Å². The number of esters is 1. The van der Waals surface area contributed by atoms with Crippen molar-refractivity contribution in [3.05, 3.63) is 101 Å². The molecule has 26 heavy (non-hydrogen) atoms. The van der Waals surface area contributed by atoms with Crippen molar-refractivity contribution in [3.63, 3.8) is 0 Å². The first-order chi connectivity index (χ1) is 12.7. The highest BCUT2D eigenvalue weighted by atomic mass is 79.9. The molecule has 0 saturated heterocycles. The van der Waals surface area contributed by atoms with Crippen molar-refractivity contribution in [2.45, 2.75) is 0 Å². The second-order valence-corrected chi connectivity index (χ2v) is 6.72. The zero-order valence-corrected chi connectivity index (χ0v) is 15.4. The Labute approximate surface area is 160 Å². The van der Waals surface area contributed by atoms with Gasteiger partial charge in [-0.25, -0.2) is 4.79 Å². The van der Waals surface area contributed by atoms with Crippen LogP contribution in [0, 0.1) is 0 Å². The number of ether oxygens (including phenoxy) is 1. The first-order valence-electron chi connectivity index (χ1n) is 8.27. The smallest absolute Gasteiger partial charge is 0.343 e. The van der Waals surface area contributed by atoms with Crippen LogP contribution in [0.25, 0.3) is 21.9 Å². The third kappa shape index (κ3) is 3.26. The topological polar surface area (TPSA) is 26.3 Å². The molecule has 0 atom stereocenters. The molecular weight excluding hydrogens is 388 g/mol. The van der Waals surface area contributed by atoms with Crippen LogP contribution < -0.4 is 4.74 Å². The van der Waals surface area contributed by atoms with E-state index in [1.54, 1.807) is 12.1 Å². The molecule has 2 nitrogen and oxygen atoms in total. The third-order valence-electron chi connectivity index (χ3n) is 4.26. The molecule has 0 fully saturated rings. The summed E-state index contributed by atoms with van der Waals surface area (Å²) in [6, 6.07) is 29.2. The van der Waals surface area contributed by atoms with Crippen molar-refractivity contribution in [2.75, 3.05) is 0 Å².